The number of halogens is 1. The first kappa shape index (κ1) is 27.8. The van der Waals surface area contributed by atoms with Crippen molar-refractivity contribution in [1.29, 1.82) is 5.26 Å². The van der Waals surface area contributed by atoms with Crippen LogP contribution in [0.15, 0.2) is 41.7 Å². The number of hydrogen-bond acceptors (Lipinski definition) is 9. The minimum absolute atomic E-state index is 0.0214. The van der Waals surface area contributed by atoms with Gasteiger partial charge in [0.2, 0.25) is 0 Å². The van der Waals surface area contributed by atoms with Crippen LogP contribution in [-0.4, -0.2) is 76.3 Å². The molecule has 40 heavy (non-hydrogen) atoms. The van der Waals surface area contributed by atoms with E-state index in [0.29, 0.717) is 60.5 Å². The minimum atomic E-state index is -0.357. The van der Waals surface area contributed by atoms with Gasteiger partial charge in [0, 0.05) is 31.7 Å². The quantitative estimate of drug-likeness (QED) is 0.414. The summed E-state index contributed by atoms with van der Waals surface area (Å²) in [5.41, 5.74) is 1.47. The molecule has 1 aromatic carbocycles. The molecule has 0 saturated carbocycles. The van der Waals surface area contributed by atoms with Crippen LogP contribution in [0.3, 0.4) is 0 Å². The Kier molecular flexibility index (Phi) is 8.45. The number of likely N-dealkylation sites (tertiary alicyclic amines) is 1. The summed E-state index contributed by atoms with van der Waals surface area (Å²) in [6.45, 7) is 8.81. The summed E-state index contributed by atoms with van der Waals surface area (Å²) in [5.74, 6) is 0.990. The van der Waals surface area contributed by atoms with E-state index in [4.69, 9.17) is 26.3 Å². The molecule has 1 N–H and O–H groups in total. The Hall–Kier alpha value is -3.78. The summed E-state index contributed by atoms with van der Waals surface area (Å²) in [5, 5.41) is 13.0. The predicted molar refractivity (Wildman–Crippen MR) is 157 cm³/mol. The number of piperazine rings is 1. The SMILES string of the molecule is C=C/C=C\c1cccc(-n2c(C)nc3c(N4CCN[C@@H](CC#N)C4)nc(OC[C@@H]4CCCN4C)nc3c2=O)c1Cl. The van der Waals surface area contributed by atoms with Gasteiger partial charge in [-0.2, -0.15) is 15.2 Å². The number of fused-ring (bicyclic) bond motifs is 1. The van der Waals surface area contributed by atoms with Crippen LogP contribution >= 0.6 is 11.6 Å². The number of nitrogens with one attached hydrogen (secondary N) is 1. The van der Waals surface area contributed by atoms with Crippen molar-refractivity contribution in [2.75, 3.05) is 44.7 Å². The van der Waals surface area contributed by atoms with Crippen LogP contribution in [0.1, 0.15) is 30.7 Å². The molecular weight excluding hydrogens is 528 g/mol. The number of aryl methyl sites for hydroxylation is 1. The second-order valence-electron chi connectivity index (χ2n) is 10.1. The monoisotopic (exact) mass is 560 g/mol. The Morgan fingerprint density at radius 2 is 2.12 bits per heavy atom. The average molecular weight is 561 g/mol. The third kappa shape index (κ3) is 5.59. The lowest BCUT2D eigenvalue weighted by Gasteiger charge is -2.34. The molecule has 0 radical (unpaired) electrons. The molecule has 2 fully saturated rings. The molecule has 0 unspecified atom stereocenters. The van der Waals surface area contributed by atoms with Crippen LogP contribution in [0.2, 0.25) is 5.02 Å². The highest BCUT2D eigenvalue weighted by molar-refractivity contribution is 6.33. The highest BCUT2D eigenvalue weighted by Crippen LogP contribution is 2.29. The van der Waals surface area contributed by atoms with Gasteiger partial charge in [0.15, 0.2) is 11.3 Å². The Morgan fingerprint density at radius 1 is 1.27 bits per heavy atom. The van der Waals surface area contributed by atoms with Crippen molar-refractivity contribution < 1.29 is 4.74 Å². The summed E-state index contributed by atoms with van der Waals surface area (Å²) >= 11 is 6.76. The Morgan fingerprint density at radius 3 is 2.88 bits per heavy atom. The molecule has 2 aliphatic heterocycles. The second-order valence-corrected chi connectivity index (χ2v) is 10.5. The topological polar surface area (TPSA) is 112 Å². The summed E-state index contributed by atoms with van der Waals surface area (Å²) in [6, 6.07) is 8.12. The van der Waals surface area contributed by atoms with E-state index >= 15 is 0 Å². The number of allylic oxidation sites excluding steroid dienone is 2. The molecule has 2 atom stereocenters. The minimum Gasteiger partial charge on any atom is -0.462 e. The number of nitriles is 1. The molecule has 11 heteroatoms. The standard InChI is InChI=1S/C29H33ClN8O2/c1-4-5-8-20-9-6-11-23(24(20)30)38-19(2)33-25-26(28(38)39)34-29(40-18-22-10-7-15-36(22)3)35-27(25)37-16-14-32-21(17-37)12-13-31/h4-6,8-9,11,21-22,32H,1,7,10,12,14-18H2,2-3H3/b8-5-/t21-,22-/m0/s1. The van der Waals surface area contributed by atoms with Crippen LogP contribution in [0.5, 0.6) is 6.01 Å². The van der Waals surface area contributed by atoms with Crippen LogP contribution in [0, 0.1) is 18.3 Å². The maximum Gasteiger partial charge on any atom is 0.319 e. The van der Waals surface area contributed by atoms with Crippen molar-refractivity contribution in [3.63, 3.8) is 0 Å². The molecule has 0 aliphatic carbocycles. The normalized spacial score (nSPS) is 19.8. The zero-order chi connectivity index (χ0) is 28.2. The number of hydrogen-bond donors (Lipinski definition) is 1. The number of aromatic nitrogens is 4. The molecule has 2 aliphatic rings. The summed E-state index contributed by atoms with van der Waals surface area (Å²) < 4.78 is 7.60. The van der Waals surface area contributed by atoms with E-state index in [9.17, 15) is 10.1 Å². The van der Waals surface area contributed by atoms with Gasteiger partial charge in [0.05, 0.1) is 23.2 Å². The maximum absolute atomic E-state index is 14.1. The van der Waals surface area contributed by atoms with E-state index in [1.54, 1.807) is 25.1 Å². The molecular formula is C29H33ClN8O2. The van der Waals surface area contributed by atoms with Gasteiger partial charge < -0.3 is 19.9 Å². The third-order valence-electron chi connectivity index (χ3n) is 7.48. The highest BCUT2D eigenvalue weighted by atomic mass is 35.5. The number of benzene rings is 1. The molecule has 10 nitrogen and oxygen atoms in total. The van der Waals surface area contributed by atoms with Crippen LogP contribution in [-0.2, 0) is 0 Å². The second kappa shape index (κ2) is 12.2. The lowest BCUT2D eigenvalue weighted by atomic mass is 10.1. The van der Waals surface area contributed by atoms with Crippen LogP contribution in [0.4, 0.5) is 5.82 Å². The summed E-state index contributed by atoms with van der Waals surface area (Å²) in [4.78, 5) is 32.6. The van der Waals surface area contributed by atoms with Crippen molar-refractivity contribution in [3.05, 3.63) is 63.7 Å². The molecule has 0 amide bonds. The predicted octanol–water partition coefficient (Wildman–Crippen LogP) is 3.50. The van der Waals surface area contributed by atoms with Gasteiger partial charge in [-0.05, 0) is 45.0 Å². The van der Waals surface area contributed by atoms with Crippen molar-refractivity contribution in [2.24, 2.45) is 0 Å². The van der Waals surface area contributed by atoms with Gasteiger partial charge >= 0.3 is 6.01 Å². The zero-order valence-corrected chi connectivity index (χ0v) is 23.6. The van der Waals surface area contributed by atoms with E-state index < -0.39 is 0 Å². The fraction of sp³-hybridized carbons (Fsp3) is 0.414. The van der Waals surface area contributed by atoms with Gasteiger partial charge in [-0.3, -0.25) is 9.36 Å². The third-order valence-corrected chi connectivity index (χ3v) is 7.89. The zero-order valence-electron chi connectivity index (χ0n) is 22.8. The number of likely N-dealkylation sites (N-methyl/N-ethyl adjacent to an activating group) is 1. The lowest BCUT2D eigenvalue weighted by molar-refractivity contribution is 0.188. The molecule has 0 spiro atoms. The molecule has 5 rings (SSSR count). The first-order chi connectivity index (χ1) is 19.4. The van der Waals surface area contributed by atoms with Crippen molar-refractivity contribution in [1.82, 2.24) is 29.7 Å². The summed E-state index contributed by atoms with van der Waals surface area (Å²) in [7, 11) is 2.08. The van der Waals surface area contributed by atoms with E-state index in [-0.39, 0.29) is 29.2 Å². The van der Waals surface area contributed by atoms with Gasteiger partial charge in [-0.1, -0.05) is 48.5 Å². The van der Waals surface area contributed by atoms with Crippen molar-refractivity contribution in [3.8, 4) is 17.8 Å². The fourth-order valence-corrected chi connectivity index (χ4v) is 5.62. The van der Waals surface area contributed by atoms with Gasteiger partial charge in [-0.15, -0.1) is 0 Å². The number of anilines is 1. The van der Waals surface area contributed by atoms with E-state index in [0.717, 1.165) is 24.9 Å². The number of nitrogens with zero attached hydrogens (tertiary/aromatic N) is 7. The molecule has 0 bridgehead atoms. The fourth-order valence-electron chi connectivity index (χ4n) is 5.34. The molecule has 2 saturated heterocycles. The average Bonchev–Trinajstić information content (AvgIpc) is 3.36. The van der Waals surface area contributed by atoms with Crippen LogP contribution < -0.4 is 20.5 Å². The Bertz CT molecular complexity index is 1550. The molecule has 2 aromatic heterocycles. The van der Waals surface area contributed by atoms with E-state index in [1.807, 2.05) is 18.2 Å². The first-order valence-electron chi connectivity index (χ1n) is 13.5. The maximum atomic E-state index is 14.1. The molecule has 3 aromatic rings. The van der Waals surface area contributed by atoms with Crippen molar-refractivity contribution in [2.45, 2.75) is 38.3 Å². The van der Waals surface area contributed by atoms with Gasteiger partial charge in [-0.25, -0.2) is 4.98 Å². The lowest BCUT2D eigenvalue weighted by Crippen LogP contribution is -2.51. The molecule has 208 valence electrons. The first-order valence-corrected chi connectivity index (χ1v) is 13.9. The van der Waals surface area contributed by atoms with Crippen LogP contribution in [0.25, 0.3) is 22.8 Å². The Balaban J connectivity index is 1.64. The highest BCUT2D eigenvalue weighted by Gasteiger charge is 2.27. The van der Waals surface area contributed by atoms with Crippen molar-refractivity contribution >= 4 is 34.5 Å². The van der Waals surface area contributed by atoms with E-state index in [2.05, 4.69) is 39.8 Å². The van der Waals surface area contributed by atoms with Gasteiger partial charge in [0.25, 0.3) is 5.56 Å². The smallest absolute Gasteiger partial charge is 0.319 e. The number of rotatable bonds is 8. The largest absolute Gasteiger partial charge is 0.462 e. The summed E-state index contributed by atoms with van der Waals surface area (Å²) in [6.07, 6.45) is 7.81. The molecule has 4 heterocycles. The van der Waals surface area contributed by atoms with Gasteiger partial charge in [0.1, 0.15) is 17.9 Å². The number of ether oxygens (including phenoxy) is 1. The Labute approximate surface area is 238 Å². The van der Waals surface area contributed by atoms with E-state index in [1.165, 1.54) is 4.57 Å².